The van der Waals surface area contributed by atoms with Crippen LogP contribution in [0.4, 0.5) is 0 Å². The molecule has 1 saturated carbocycles. The van der Waals surface area contributed by atoms with Gasteiger partial charge in [0.15, 0.2) is 0 Å². The van der Waals surface area contributed by atoms with E-state index in [9.17, 15) is 4.79 Å². The molecule has 0 aliphatic heterocycles. The molecule has 1 aliphatic carbocycles. The molecular formula is C12H25ClN2O2. The predicted octanol–water partition coefficient (Wildman–Crippen LogP) is 1.42. The minimum Gasteiger partial charge on any atom is -0.380 e. The first-order chi connectivity index (χ1) is 7.70. The number of nitrogens with two attached hydrogens (primary N) is 1. The Hall–Kier alpha value is -0.320. The molecule has 2 N–H and O–H groups in total. The van der Waals surface area contributed by atoms with E-state index in [0.29, 0.717) is 19.8 Å². The lowest BCUT2D eigenvalue weighted by molar-refractivity contribution is -0.136. The molecule has 0 bridgehead atoms. The molecule has 5 heteroatoms. The van der Waals surface area contributed by atoms with Crippen molar-refractivity contribution in [3.05, 3.63) is 0 Å². The van der Waals surface area contributed by atoms with Crippen LogP contribution in [0.3, 0.4) is 0 Å². The summed E-state index contributed by atoms with van der Waals surface area (Å²) in [4.78, 5) is 14.0. The van der Waals surface area contributed by atoms with Gasteiger partial charge in [-0.05, 0) is 26.7 Å². The highest BCUT2D eigenvalue weighted by molar-refractivity contribution is 5.85. The zero-order chi connectivity index (χ0) is 12.0. The number of ether oxygens (including phenoxy) is 1. The van der Waals surface area contributed by atoms with Gasteiger partial charge in [-0.15, -0.1) is 12.4 Å². The smallest absolute Gasteiger partial charge is 0.227 e. The molecule has 17 heavy (non-hydrogen) atoms. The maximum Gasteiger partial charge on any atom is 0.227 e. The minimum absolute atomic E-state index is 0. The van der Waals surface area contributed by atoms with E-state index in [1.54, 1.807) is 0 Å². The average molecular weight is 265 g/mol. The summed E-state index contributed by atoms with van der Waals surface area (Å²) in [7, 11) is 0. The zero-order valence-electron chi connectivity index (χ0n) is 10.9. The number of likely N-dealkylation sites (N-methyl/N-ethyl adjacent to an activating group) is 1. The van der Waals surface area contributed by atoms with Crippen LogP contribution in [0.1, 0.15) is 33.1 Å². The summed E-state index contributed by atoms with van der Waals surface area (Å²) >= 11 is 0. The van der Waals surface area contributed by atoms with Gasteiger partial charge in [-0.2, -0.15) is 0 Å². The van der Waals surface area contributed by atoms with Gasteiger partial charge in [0.2, 0.25) is 5.91 Å². The fourth-order valence-electron chi connectivity index (χ4n) is 2.27. The summed E-state index contributed by atoms with van der Waals surface area (Å²) in [5.74, 6) is 0.258. The Bertz CT molecular complexity index is 227. The SMILES string of the molecule is CCOCCN(CC)C(=O)C1CCCC1N.Cl. The maximum atomic E-state index is 12.2. The summed E-state index contributed by atoms with van der Waals surface area (Å²) in [6, 6.07) is 0.0636. The Balaban J connectivity index is 0.00000256. The number of rotatable bonds is 6. The zero-order valence-corrected chi connectivity index (χ0v) is 11.7. The molecule has 0 aromatic heterocycles. The van der Waals surface area contributed by atoms with Gasteiger partial charge < -0.3 is 15.4 Å². The molecule has 2 unspecified atom stereocenters. The first kappa shape index (κ1) is 16.7. The lowest BCUT2D eigenvalue weighted by Gasteiger charge is -2.26. The predicted molar refractivity (Wildman–Crippen MR) is 71.3 cm³/mol. The Morgan fingerprint density at radius 3 is 2.59 bits per heavy atom. The molecule has 0 aromatic carbocycles. The van der Waals surface area contributed by atoms with Crippen LogP contribution in [0, 0.1) is 5.92 Å². The van der Waals surface area contributed by atoms with Gasteiger partial charge in [0.1, 0.15) is 0 Å². The van der Waals surface area contributed by atoms with Crippen molar-refractivity contribution in [1.82, 2.24) is 4.90 Å². The standard InChI is InChI=1S/C12H24N2O2.ClH/c1-3-14(8-9-16-4-2)12(15)10-6-5-7-11(10)13;/h10-11H,3-9,13H2,1-2H3;1H. The van der Waals surface area contributed by atoms with E-state index in [1.807, 2.05) is 18.7 Å². The number of hydrogen-bond donors (Lipinski definition) is 1. The first-order valence-corrected chi connectivity index (χ1v) is 6.32. The van der Waals surface area contributed by atoms with Crippen LogP contribution in [0.15, 0.2) is 0 Å². The normalized spacial score (nSPS) is 23.2. The highest BCUT2D eigenvalue weighted by atomic mass is 35.5. The lowest BCUT2D eigenvalue weighted by atomic mass is 10.0. The van der Waals surface area contributed by atoms with Crippen molar-refractivity contribution < 1.29 is 9.53 Å². The molecule has 102 valence electrons. The van der Waals surface area contributed by atoms with Crippen LogP contribution in [-0.4, -0.2) is 43.2 Å². The molecule has 4 nitrogen and oxygen atoms in total. The highest BCUT2D eigenvalue weighted by Crippen LogP contribution is 2.25. The van der Waals surface area contributed by atoms with Gasteiger partial charge in [0.05, 0.1) is 12.5 Å². The van der Waals surface area contributed by atoms with Gasteiger partial charge in [-0.3, -0.25) is 4.79 Å². The van der Waals surface area contributed by atoms with E-state index in [2.05, 4.69) is 0 Å². The van der Waals surface area contributed by atoms with E-state index < -0.39 is 0 Å². The van der Waals surface area contributed by atoms with Crippen molar-refractivity contribution >= 4 is 18.3 Å². The number of halogens is 1. The summed E-state index contributed by atoms with van der Waals surface area (Å²) < 4.78 is 5.28. The van der Waals surface area contributed by atoms with Gasteiger partial charge in [0.25, 0.3) is 0 Å². The maximum absolute atomic E-state index is 12.2. The molecule has 0 heterocycles. The second kappa shape index (κ2) is 8.72. The first-order valence-electron chi connectivity index (χ1n) is 6.32. The van der Waals surface area contributed by atoms with Crippen LogP contribution in [-0.2, 0) is 9.53 Å². The summed E-state index contributed by atoms with van der Waals surface area (Å²) in [6.45, 7) is 6.73. The van der Waals surface area contributed by atoms with Gasteiger partial charge in [-0.25, -0.2) is 0 Å². The van der Waals surface area contributed by atoms with Crippen molar-refractivity contribution in [3.8, 4) is 0 Å². The number of carbonyl (C=O) groups excluding carboxylic acids is 1. The van der Waals surface area contributed by atoms with E-state index in [1.165, 1.54) is 0 Å². The third-order valence-corrected chi connectivity index (χ3v) is 3.29. The molecule has 1 amide bonds. The number of amides is 1. The van der Waals surface area contributed by atoms with Gasteiger partial charge in [0, 0.05) is 25.7 Å². The Kier molecular flexibility index (Phi) is 8.56. The van der Waals surface area contributed by atoms with Crippen LogP contribution >= 0.6 is 12.4 Å². The molecule has 0 saturated heterocycles. The van der Waals surface area contributed by atoms with Crippen LogP contribution in [0.25, 0.3) is 0 Å². The van der Waals surface area contributed by atoms with Crippen molar-refractivity contribution in [3.63, 3.8) is 0 Å². The van der Waals surface area contributed by atoms with Crippen LogP contribution in [0.2, 0.25) is 0 Å². The monoisotopic (exact) mass is 264 g/mol. The van der Waals surface area contributed by atoms with E-state index in [-0.39, 0.29) is 30.3 Å². The van der Waals surface area contributed by atoms with Gasteiger partial charge >= 0.3 is 0 Å². The lowest BCUT2D eigenvalue weighted by Crippen LogP contribution is -2.43. The molecule has 0 spiro atoms. The van der Waals surface area contributed by atoms with Crippen LogP contribution < -0.4 is 5.73 Å². The third-order valence-electron chi connectivity index (χ3n) is 3.29. The minimum atomic E-state index is 0. The average Bonchev–Trinajstić information content (AvgIpc) is 2.70. The van der Waals surface area contributed by atoms with Crippen molar-refractivity contribution in [1.29, 1.82) is 0 Å². The van der Waals surface area contributed by atoms with E-state index in [4.69, 9.17) is 10.5 Å². The highest BCUT2D eigenvalue weighted by Gasteiger charge is 2.32. The molecule has 1 fully saturated rings. The van der Waals surface area contributed by atoms with Gasteiger partial charge in [-0.1, -0.05) is 6.42 Å². The third kappa shape index (κ3) is 4.82. The van der Waals surface area contributed by atoms with E-state index in [0.717, 1.165) is 25.8 Å². The fourth-order valence-corrected chi connectivity index (χ4v) is 2.27. The van der Waals surface area contributed by atoms with Crippen molar-refractivity contribution in [2.75, 3.05) is 26.3 Å². The second-order valence-corrected chi connectivity index (χ2v) is 4.32. The largest absolute Gasteiger partial charge is 0.380 e. The molecule has 1 rings (SSSR count). The Morgan fingerprint density at radius 1 is 1.41 bits per heavy atom. The molecule has 0 radical (unpaired) electrons. The number of hydrogen-bond acceptors (Lipinski definition) is 3. The molecule has 0 aromatic rings. The quantitative estimate of drug-likeness (QED) is 0.739. The summed E-state index contributed by atoms with van der Waals surface area (Å²) in [5.41, 5.74) is 5.95. The summed E-state index contributed by atoms with van der Waals surface area (Å²) in [5, 5.41) is 0. The van der Waals surface area contributed by atoms with E-state index >= 15 is 0 Å². The second-order valence-electron chi connectivity index (χ2n) is 4.32. The van der Waals surface area contributed by atoms with Crippen molar-refractivity contribution in [2.24, 2.45) is 11.7 Å². The molecular weight excluding hydrogens is 240 g/mol. The van der Waals surface area contributed by atoms with Crippen LogP contribution in [0.5, 0.6) is 0 Å². The Morgan fingerprint density at radius 2 is 2.12 bits per heavy atom. The number of carbonyl (C=O) groups is 1. The topological polar surface area (TPSA) is 55.6 Å². The number of nitrogens with zero attached hydrogens (tertiary/aromatic N) is 1. The fraction of sp³-hybridized carbons (Fsp3) is 0.917. The summed E-state index contributed by atoms with van der Waals surface area (Å²) in [6.07, 6.45) is 3.02. The molecule has 2 atom stereocenters. The molecule has 1 aliphatic rings. The Labute approximate surface area is 110 Å². The van der Waals surface area contributed by atoms with Crippen molar-refractivity contribution in [2.45, 2.75) is 39.2 Å².